The van der Waals surface area contributed by atoms with Crippen LogP contribution in [-0.2, 0) is 25.4 Å². The van der Waals surface area contributed by atoms with E-state index in [0.717, 1.165) is 36.1 Å². The number of aryl methyl sites for hydroxylation is 1. The number of carbonyl (C=O) groups excluding carboxylic acids is 1. The number of halogens is 3. The third-order valence-corrected chi connectivity index (χ3v) is 4.69. The molecule has 0 bridgehead atoms. The van der Waals surface area contributed by atoms with E-state index >= 15 is 0 Å². The third-order valence-electron chi connectivity index (χ3n) is 4.69. The molecule has 1 atom stereocenters. The number of rotatable bonds is 4. The van der Waals surface area contributed by atoms with Gasteiger partial charge in [0.25, 0.3) is 0 Å². The van der Waals surface area contributed by atoms with Gasteiger partial charge in [0.05, 0.1) is 11.7 Å². The zero-order valence-corrected chi connectivity index (χ0v) is 14.6. The van der Waals surface area contributed by atoms with Crippen molar-refractivity contribution in [2.45, 2.75) is 38.0 Å². The lowest BCUT2D eigenvalue weighted by Crippen LogP contribution is -2.31. The molecule has 1 aliphatic rings. The Labute approximate surface area is 155 Å². The minimum absolute atomic E-state index is 0.300. The van der Waals surface area contributed by atoms with Crippen LogP contribution < -0.4 is 10.6 Å². The third kappa shape index (κ3) is 5.01. The number of aliphatic hydroxyl groups excluding tert-OH is 1. The Morgan fingerprint density at radius 2 is 1.89 bits per heavy atom. The zero-order valence-electron chi connectivity index (χ0n) is 14.6. The number of carbonyl (C=O) groups is 1. The Morgan fingerprint density at radius 1 is 1.15 bits per heavy atom. The lowest BCUT2D eigenvalue weighted by Gasteiger charge is -2.23. The summed E-state index contributed by atoms with van der Waals surface area (Å²) in [6.45, 7) is 0.300. The van der Waals surface area contributed by atoms with E-state index in [1.807, 2.05) is 12.1 Å². The van der Waals surface area contributed by atoms with E-state index in [2.05, 4.69) is 10.6 Å². The minimum atomic E-state index is -4.35. The molecule has 1 aliphatic carbocycles. The molecule has 27 heavy (non-hydrogen) atoms. The van der Waals surface area contributed by atoms with Crippen LogP contribution >= 0.6 is 0 Å². The van der Waals surface area contributed by atoms with E-state index in [9.17, 15) is 23.1 Å². The first-order chi connectivity index (χ1) is 12.8. The van der Waals surface area contributed by atoms with E-state index < -0.39 is 17.8 Å². The van der Waals surface area contributed by atoms with Crippen molar-refractivity contribution in [3.05, 3.63) is 64.7 Å². The molecular weight excluding hydrogens is 357 g/mol. The van der Waals surface area contributed by atoms with E-state index in [-0.39, 0.29) is 6.03 Å². The van der Waals surface area contributed by atoms with Gasteiger partial charge in [-0.05, 0) is 54.2 Å². The molecule has 2 amide bonds. The molecule has 0 saturated heterocycles. The van der Waals surface area contributed by atoms with Crippen LogP contribution in [0.1, 0.15) is 28.7 Å². The first kappa shape index (κ1) is 19.2. The minimum Gasteiger partial charge on any atom is -0.393 e. The standard InChI is InChI=1S/C20H21F3N2O2/c21-20(22,23)15-7-4-13(5-8-15)10-11-24-19(27)25-18-3-1-2-14-6-9-16(26)12-17(14)18/h1-5,7-8,16,26H,6,9-12H2,(H2,24,25,27). The van der Waals surface area contributed by atoms with Crippen LogP contribution in [0.4, 0.5) is 23.7 Å². The van der Waals surface area contributed by atoms with Gasteiger partial charge < -0.3 is 15.7 Å². The molecule has 2 aromatic rings. The van der Waals surface area contributed by atoms with Gasteiger partial charge in [0, 0.05) is 18.7 Å². The molecule has 2 aromatic carbocycles. The number of hydrogen-bond donors (Lipinski definition) is 3. The first-order valence-corrected chi connectivity index (χ1v) is 8.83. The Hall–Kier alpha value is -2.54. The number of hydrogen-bond acceptors (Lipinski definition) is 2. The second kappa shape index (κ2) is 8.00. The molecule has 144 valence electrons. The molecule has 1 unspecified atom stereocenters. The number of anilines is 1. The molecular formula is C20H21F3N2O2. The molecule has 0 fully saturated rings. The summed E-state index contributed by atoms with van der Waals surface area (Å²) in [6, 6.07) is 10.2. The monoisotopic (exact) mass is 378 g/mol. The van der Waals surface area contributed by atoms with Crippen molar-refractivity contribution in [1.82, 2.24) is 5.32 Å². The fraction of sp³-hybridized carbons (Fsp3) is 0.350. The van der Waals surface area contributed by atoms with Crippen LogP contribution in [-0.4, -0.2) is 23.8 Å². The Morgan fingerprint density at radius 3 is 2.59 bits per heavy atom. The van der Waals surface area contributed by atoms with Crippen molar-refractivity contribution in [2.75, 3.05) is 11.9 Å². The highest BCUT2D eigenvalue weighted by Gasteiger charge is 2.29. The van der Waals surface area contributed by atoms with Gasteiger partial charge >= 0.3 is 12.2 Å². The summed E-state index contributed by atoms with van der Waals surface area (Å²) in [7, 11) is 0. The number of nitrogens with one attached hydrogen (secondary N) is 2. The van der Waals surface area contributed by atoms with Gasteiger partial charge in [0.1, 0.15) is 0 Å². The maximum Gasteiger partial charge on any atom is 0.416 e. The number of alkyl halides is 3. The predicted octanol–water partition coefficient (Wildman–Crippen LogP) is 3.92. The average Bonchev–Trinajstić information content (AvgIpc) is 2.62. The summed E-state index contributed by atoms with van der Waals surface area (Å²) >= 11 is 0. The van der Waals surface area contributed by atoms with Gasteiger partial charge in [0.15, 0.2) is 0 Å². The Kier molecular flexibility index (Phi) is 5.70. The molecule has 3 N–H and O–H groups in total. The Bertz CT molecular complexity index is 804. The highest BCUT2D eigenvalue weighted by atomic mass is 19.4. The van der Waals surface area contributed by atoms with Gasteiger partial charge in [0.2, 0.25) is 0 Å². The number of fused-ring (bicyclic) bond motifs is 1. The number of aliphatic hydroxyl groups is 1. The van der Waals surface area contributed by atoms with Crippen LogP contribution in [0.3, 0.4) is 0 Å². The molecule has 3 rings (SSSR count). The normalized spacial score (nSPS) is 16.5. The maximum absolute atomic E-state index is 12.5. The maximum atomic E-state index is 12.5. The van der Waals surface area contributed by atoms with Crippen molar-refractivity contribution in [2.24, 2.45) is 0 Å². The van der Waals surface area contributed by atoms with E-state index in [0.29, 0.717) is 30.6 Å². The molecule has 0 aliphatic heterocycles. The van der Waals surface area contributed by atoms with Crippen molar-refractivity contribution in [3.8, 4) is 0 Å². The topological polar surface area (TPSA) is 61.4 Å². The van der Waals surface area contributed by atoms with E-state index in [4.69, 9.17) is 0 Å². The van der Waals surface area contributed by atoms with Crippen LogP contribution in [0.2, 0.25) is 0 Å². The lowest BCUT2D eigenvalue weighted by molar-refractivity contribution is -0.137. The smallest absolute Gasteiger partial charge is 0.393 e. The van der Waals surface area contributed by atoms with Crippen LogP contribution in [0.15, 0.2) is 42.5 Å². The summed E-state index contributed by atoms with van der Waals surface area (Å²) in [5.74, 6) is 0. The van der Waals surface area contributed by atoms with Gasteiger partial charge in [-0.2, -0.15) is 13.2 Å². The van der Waals surface area contributed by atoms with Crippen molar-refractivity contribution < 1.29 is 23.1 Å². The fourth-order valence-corrected chi connectivity index (χ4v) is 3.23. The van der Waals surface area contributed by atoms with E-state index in [1.54, 1.807) is 6.07 Å². The number of urea groups is 1. The van der Waals surface area contributed by atoms with Crippen molar-refractivity contribution >= 4 is 11.7 Å². The number of amides is 2. The predicted molar refractivity (Wildman–Crippen MR) is 96.6 cm³/mol. The summed E-state index contributed by atoms with van der Waals surface area (Å²) in [5.41, 5.74) is 2.78. The fourth-order valence-electron chi connectivity index (χ4n) is 3.23. The van der Waals surface area contributed by atoms with Crippen LogP contribution in [0.25, 0.3) is 0 Å². The molecule has 0 aromatic heterocycles. The van der Waals surface area contributed by atoms with Gasteiger partial charge in [-0.1, -0.05) is 24.3 Å². The van der Waals surface area contributed by atoms with Gasteiger partial charge in [-0.25, -0.2) is 4.79 Å². The van der Waals surface area contributed by atoms with Crippen molar-refractivity contribution in [3.63, 3.8) is 0 Å². The molecule has 0 saturated carbocycles. The molecule has 0 spiro atoms. The molecule has 7 heteroatoms. The van der Waals surface area contributed by atoms with E-state index in [1.165, 1.54) is 12.1 Å². The zero-order chi connectivity index (χ0) is 19.4. The second-order valence-corrected chi connectivity index (χ2v) is 6.67. The Balaban J connectivity index is 1.52. The summed E-state index contributed by atoms with van der Waals surface area (Å²) in [5, 5.41) is 15.4. The average molecular weight is 378 g/mol. The molecule has 4 nitrogen and oxygen atoms in total. The summed E-state index contributed by atoms with van der Waals surface area (Å²) in [4.78, 5) is 12.1. The highest BCUT2D eigenvalue weighted by molar-refractivity contribution is 5.90. The lowest BCUT2D eigenvalue weighted by atomic mass is 9.88. The SMILES string of the molecule is O=C(NCCc1ccc(C(F)(F)F)cc1)Nc1cccc2c1CC(O)CC2. The number of benzene rings is 2. The van der Waals surface area contributed by atoms with Crippen LogP contribution in [0, 0.1) is 0 Å². The van der Waals surface area contributed by atoms with Crippen LogP contribution in [0.5, 0.6) is 0 Å². The summed E-state index contributed by atoms with van der Waals surface area (Å²) in [6.07, 6.45) is -2.31. The second-order valence-electron chi connectivity index (χ2n) is 6.67. The molecule has 0 radical (unpaired) electrons. The van der Waals surface area contributed by atoms with Gasteiger partial charge in [-0.15, -0.1) is 0 Å². The highest BCUT2D eigenvalue weighted by Crippen LogP contribution is 2.29. The summed E-state index contributed by atoms with van der Waals surface area (Å²) < 4.78 is 37.6. The molecule has 0 heterocycles. The largest absolute Gasteiger partial charge is 0.416 e. The van der Waals surface area contributed by atoms with Crippen molar-refractivity contribution in [1.29, 1.82) is 0 Å². The van der Waals surface area contributed by atoms with Gasteiger partial charge in [-0.3, -0.25) is 0 Å². The first-order valence-electron chi connectivity index (χ1n) is 8.83. The quantitative estimate of drug-likeness (QED) is 0.755.